The van der Waals surface area contributed by atoms with Crippen LogP contribution in [0.4, 0.5) is 11.5 Å². The molecule has 2 aromatic rings. The molecule has 1 aromatic carbocycles. The standard InChI is InChI=1S/C15H20N4/c1-16-14-11-17-15(13-6-4-3-5-12(13)14)19-9-7-18(2)8-10-19/h3-6,11,16H,7-10H2,1-2H3. The van der Waals surface area contributed by atoms with Crippen molar-refractivity contribution in [3.63, 3.8) is 0 Å². The molecule has 1 saturated heterocycles. The number of fused-ring (bicyclic) bond motifs is 1. The average molecular weight is 256 g/mol. The molecular weight excluding hydrogens is 236 g/mol. The normalized spacial score (nSPS) is 16.8. The van der Waals surface area contributed by atoms with Crippen LogP contribution in [0.5, 0.6) is 0 Å². The van der Waals surface area contributed by atoms with E-state index in [-0.39, 0.29) is 0 Å². The van der Waals surface area contributed by atoms with Crippen LogP contribution in [0.1, 0.15) is 0 Å². The van der Waals surface area contributed by atoms with Crippen LogP contribution < -0.4 is 10.2 Å². The number of likely N-dealkylation sites (N-methyl/N-ethyl adjacent to an activating group) is 1. The molecule has 4 heteroatoms. The minimum atomic E-state index is 1.05. The predicted octanol–water partition coefficient (Wildman–Crippen LogP) is 2.03. The molecule has 1 aromatic heterocycles. The smallest absolute Gasteiger partial charge is 0.136 e. The number of pyridine rings is 1. The molecule has 0 spiro atoms. The number of hydrogen-bond donors (Lipinski definition) is 1. The fraction of sp³-hybridized carbons (Fsp3) is 0.400. The van der Waals surface area contributed by atoms with Crippen molar-refractivity contribution in [3.05, 3.63) is 30.5 Å². The van der Waals surface area contributed by atoms with Gasteiger partial charge in [0.1, 0.15) is 5.82 Å². The summed E-state index contributed by atoms with van der Waals surface area (Å²) in [6.07, 6.45) is 1.94. The quantitative estimate of drug-likeness (QED) is 0.891. The summed E-state index contributed by atoms with van der Waals surface area (Å²) in [5.41, 5.74) is 1.09. The molecule has 0 atom stereocenters. The first-order valence-corrected chi connectivity index (χ1v) is 6.78. The van der Waals surface area contributed by atoms with Crippen LogP contribution in [0.3, 0.4) is 0 Å². The van der Waals surface area contributed by atoms with Crippen LogP contribution in [0.2, 0.25) is 0 Å². The topological polar surface area (TPSA) is 31.4 Å². The number of piperazine rings is 1. The van der Waals surface area contributed by atoms with Crippen LogP contribution in [0.25, 0.3) is 10.8 Å². The SMILES string of the molecule is CNc1cnc(N2CCN(C)CC2)c2ccccc12. The van der Waals surface area contributed by atoms with Gasteiger partial charge in [-0.15, -0.1) is 0 Å². The van der Waals surface area contributed by atoms with Gasteiger partial charge in [0, 0.05) is 44.0 Å². The van der Waals surface area contributed by atoms with E-state index in [0.29, 0.717) is 0 Å². The molecule has 0 bridgehead atoms. The zero-order valence-electron chi connectivity index (χ0n) is 11.6. The van der Waals surface area contributed by atoms with Gasteiger partial charge < -0.3 is 15.1 Å². The molecular formula is C15H20N4. The number of anilines is 2. The van der Waals surface area contributed by atoms with E-state index in [1.54, 1.807) is 0 Å². The zero-order valence-corrected chi connectivity index (χ0v) is 11.6. The van der Waals surface area contributed by atoms with Crippen molar-refractivity contribution in [1.29, 1.82) is 0 Å². The maximum atomic E-state index is 4.67. The first-order valence-electron chi connectivity index (χ1n) is 6.78. The lowest BCUT2D eigenvalue weighted by Gasteiger charge is -2.34. The monoisotopic (exact) mass is 256 g/mol. The predicted molar refractivity (Wildman–Crippen MR) is 81.0 cm³/mol. The summed E-state index contributed by atoms with van der Waals surface area (Å²) in [7, 11) is 4.12. The van der Waals surface area contributed by atoms with E-state index < -0.39 is 0 Å². The third-order valence-corrected chi connectivity index (χ3v) is 3.85. The van der Waals surface area contributed by atoms with Gasteiger partial charge in [0.2, 0.25) is 0 Å². The highest BCUT2D eigenvalue weighted by molar-refractivity contribution is 6.00. The van der Waals surface area contributed by atoms with E-state index in [1.807, 2.05) is 13.2 Å². The molecule has 0 unspecified atom stereocenters. The highest BCUT2D eigenvalue weighted by Gasteiger charge is 2.17. The highest BCUT2D eigenvalue weighted by atomic mass is 15.3. The van der Waals surface area contributed by atoms with Gasteiger partial charge in [-0.2, -0.15) is 0 Å². The van der Waals surface area contributed by atoms with Crippen LogP contribution >= 0.6 is 0 Å². The van der Waals surface area contributed by atoms with E-state index in [0.717, 1.165) is 37.7 Å². The van der Waals surface area contributed by atoms with E-state index in [9.17, 15) is 0 Å². The Morgan fingerprint density at radius 3 is 2.42 bits per heavy atom. The van der Waals surface area contributed by atoms with E-state index in [4.69, 9.17) is 0 Å². The fourth-order valence-electron chi connectivity index (χ4n) is 2.65. The summed E-state index contributed by atoms with van der Waals surface area (Å²) >= 11 is 0. The van der Waals surface area contributed by atoms with Gasteiger partial charge >= 0.3 is 0 Å². The first-order chi connectivity index (χ1) is 9.29. The van der Waals surface area contributed by atoms with Gasteiger partial charge in [-0.05, 0) is 7.05 Å². The lowest BCUT2D eigenvalue weighted by Crippen LogP contribution is -2.44. The Balaban J connectivity index is 2.04. The lowest BCUT2D eigenvalue weighted by atomic mass is 10.1. The van der Waals surface area contributed by atoms with Crippen molar-refractivity contribution in [1.82, 2.24) is 9.88 Å². The van der Waals surface area contributed by atoms with E-state index in [2.05, 4.69) is 51.4 Å². The lowest BCUT2D eigenvalue weighted by molar-refractivity contribution is 0.312. The number of nitrogens with zero attached hydrogens (tertiary/aromatic N) is 3. The molecule has 19 heavy (non-hydrogen) atoms. The minimum Gasteiger partial charge on any atom is -0.386 e. The summed E-state index contributed by atoms with van der Waals surface area (Å²) in [5, 5.41) is 5.70. The Bertz CT molecular complexity index is 573. The highest BCUT2D eigenvalue weighted by Crippen LogP contribution is 2.30. The zero-order chi connectivity index (χ0) is 13.2. The van der Waals surface area contributed by atoms with Crippen molar-refractivity contribution in [2.24, 2.45) is 0 Å². The Morgan fingerprint density at radius 1 is 1.05 bits per heavy atom. The van der Waals surface area contributed by atoms with Crippen LogP contribution in [0.15, 0.2) is 30.5 Å². The largest absolute Gasteiger partial charge is 0.386 e. The number of hydrogen-bond acceptors (Lipinski definition) is 4. The van der Waals surface area contributed by atoms with E-state index in [1.165, 1.54) is 10.8 Å². The van der Waals surface area contributed by atoms with Crippen molar-refractivity contribution in [2.45, 2.75) is 0 Å². The number of benzene rings is 1. The molecule has 0 amide bonds. The summed E-state index contributed by atoms with van der Waals surface area (Å²) in [6.45, 7) is 4.30. The Labute approximate surface area is 114 Å². The minimum absolute atomic E-state index is 1.05. The molecule has 3 rings (SSSR count). The van der Waals surface area contributed by atoms with Gasteiger partial charge in [-0.25, -0.2) is 4.98 Å². The number of nitrogens with one attached hydrogen (secondary N) is 1. The molecule has 0 aliphatic carbocycles. The van der Waals surface area contributed by atoms with E-state index >= 15 is 0 Å². The number of aromatic nitrogens is 1. The Hall–Kier alpha value is -1.81. The second-order valence-corrected chi connectivity index (χ2v) is 5.08. The van der Waals surface area contributed by atoms with Gasteiger partial charge in [0.15, 0.2) is 0 Å². The van der Waals surface area contributed by atoms with Crippen molar-refractivity contribution >= 4 is 22.3 Å². The van der Waals surface area contributed by atoms with Gasteiger partial charge in [-0.1, -0.05) is 24.3 Å². The van der Waals surface area contributed by atoms with Crippen LogP contribution in [-0.2, 0) is 0 Å². The molecule has 1 aliphatic rings. The van der Waals surface area contributed by atoms with Gasteiger partial charge in [0.05, 0.1) is 11.9 Å². The van der Waals surface area contributed by atoms with Gasteiger partial charge in [0.25, 0.3) is 0 Å². The second kappa shape index (κ2) is 5.05. The fourth-order valence-corrected chi connectivity index (χ4v) is 2.65. The third-order valence-electron chi connectivity index (χ3n) is 3.85. The second-order valence-electron chi connectivity index (χ2n) is 5.08. The Kier molecular flexibility index (Phi) is 3.25. The molecule has 1 aliphatic heterocycles. The maximum Gasteiger partial charge on any atom is 0.136 e. The molecule has 1 N–H and O–H groups in total. The summed E-state index contributed by atoms with van der Waals surface area (Å²) in [4.78, 5) is 9.42. The molecule has 1 fully saturated rings. The molecule has 4 nitrogen and oxygen atoms in total. The van der Waals surface area contributed by atoms with Crippen molar-refractivity contribution in [3.8, 4) is 0 Å². The van der Waals surface area contributed by atoms with Crippen molar-refractivity contribution < 1.29 is 0 Å². The molecule has 0 radical (unpaired) electrons. The summed E-state index contributed by atoms with van der Waals surface area (Å²) in [6, 6.07) is 8.49. The number of rotatable bonds is 2. The first kappa shape index (κ1) is 12.2. The molecule has 2 heterocycles. The maximum absolute atomic E-state index is 4.67. The summed E-state index contributed by atoms with van der Waals surface area (Å²) < 4.78 is 0. The average Bonchev–Trinajstić information content (AvgIpc) is 2.47. The summed E-state index contributed by atoms with van der Waals surface area (Å²) in [5.74, 6) is 1.11. The van der Waals surface area contributed by atoms with Crippen LogP contribution in [-0.4, -0.2) is 50.2 Å². The third kappa shape index (κ3) is 2.24. The molecule has 0 saturated carbocycles. The van der Waals surface area contributed by atoms with Crippen molar-refractivity contribution in [2.75, 3.05) is 50.5 Å². The Morgan fingerprint density at radius 2 is 1.74 bits per heavy atom. The van der Waals surface area contributed by atoms with Crippen LogP contribution in [0, 0.1) is 0 Å². The van der Waals surface area contributed by atoms with Gasteiger partial charge in [-0.3, -0.25) is 0 Å². The molecule has 100 valence electrons.